The number of aromatic nitrogens is 2. The van der Waals surface area contributed by atoms with E-state index in [2.05, 4.69) is 10.4 Å². The Balaban J connectivity index is 2.23. The van der Waals surface area contributed by atoms with E-state index < -0.39 is 10.0 Å². The average molecular weight is 300 g/mol. The summed E-state index contributed by atoms with van der Waals surface area (Å²) in [5.74, 6) is 0.388. The standard InChI is InChI=1S/C13H24N4O2S/c1-11(2)17-13(6-7-15-17)20(18,19)16-8-4-5-12(10-16)9-14-3/h6-7,11-12,14H,4-5,8-10H2,1-3H3. The van der Waals surface area contributed by atoms with Gasteiger partial charge >= 0.3 is 0 Å². The summed E-state index contributed by atoms with van der Waals surface area (Å²) in [6.45, 7) is 5.92. The number of sulfonamides is 1. The van der Waals surface area contributed by atoms with Crippen molar-refractivity contribution in [2.45, 2.75) is 37.8 Å². The fraction of sp³-hybridized carbons (Fsp3) is 0.769. The van der Waals surface area contributed by atoms with Gasteiger partial charge in [-0.1, -0.05) is 0 Å². The third-order valence-corrected chi connectivity index (χ3v) is 5.57. The molecular formula is C13H24N4O2S. The van der Waals surface area contributed by atoms with Gasteiger partial charge in [-0.3, -0.25) is 4.68 Å². The van der Waals surface area contributed by atoms with Gasteiger partial charge in [0.15, 0.2) is 5.03 Å². The molecule has 1 saturated heterocycles. The van der Waals surface area contributed by atoms with Crippen molar-refractivity contribution in [1.29, 1.82) is 0 Å². The minimum Gasteiger partial charge on any atom is -0.319 e. The Kier molecular flexibility index (Phi) is 4.82. The van der Waals surface area contributed by atoms with E-state index in [0.29, 0.717) is 24.0 Å². The van der Waals surface area contributed by atoms with E-state index in [0.717, 1.165) is 19.4 Å². The lowest BCUT2D eigenvalue weighted by atomic mass is 10.00. The lowest BCUT2D eigenvalue weighted by Crippen LogP contribution is -2.43. The van der Waals surface area contributed by atoms with Gasteiger partial charge in [0.25, 0.3) is 10.0 Å². The SMILES string of the molecule is CNCC1CCCN(S(=O)(=O)c2ccnn2C(C)C)C1. The van der Waals surface area contributed by atoms with E-state index >= 15 is 0 Å². The maximum absolute atomic E-state index is 12.8. The molecule has 1 atom stereocenters. The normalized spacial score (nSPS) is 21.5. The molecule has 1 unspecified atom stereocenters. The maximum atomic E-state index is 12.8. The smallest absolute Gasteiger partial charge is 0.260 e. The summed E-state index contributed by atoms with van der Waals surface area (Å²) in [5.41, 5.74) is 0. The summed E-state index contributed by atoms with van der Waals surface area (Å²) in [6, 6.07) is 1.63. The van der Waals surface area contributed by atoms with Crippen molar-refractivity contribution in [3.63, 3.8) is 0 Å². The quantitative estimate of drug-likeness (QED) is 0.884. The molecule has 6 nitrogen and oxygen atoms in total. The average Bonchev–Trinajstić information content (AvgIpc) is 2.89. The lowest BCUT2D eigenvalue weighted by molar-refractivity contribution is 0.261. The summed E-state index contributed by atoms with van der Waals surface area (Å²) in [5, 5.41) is 7.57. The molecule has 0 amide bonds. The van der Waals surface area contributed by atoms with Crippen LogP contribution < -0.4 is 5.32 Å². The zero-order chi connectivity index (χ0) is 14.8. The molecule has 114 valence electrons. The monoisotopic (exact) mass is 300 g/mol. The Hall–Kier alpha value is -0.920. The van der Waals surface area contributed by atoms with Crippen LogP contribution >= 0.6 is 0 Å². The Labute approximate surface area is 121 Å². The van der Waals surface area contributed by atoms with Crippen LogP contribution in [0.3, 0.4) is 0 Å². The first-order valence-electron chi connectivity index (χ1n) is 7.15. The van der Waals surface area contributed by atoms with Gasteiger partial charge in [-0.15, -0.1) is 0 Å². The second-order valence-electron chi connectivity index (χ2n) is 5.64. The summed E-state index contributed by atoms with van der Waals surface area (Å²) in [6.07, 6.45) is 3.56. The first-order chi connectivity index (χ1) is 9.46. The number of piperidine rings is 1. The van der Waals surface area contributed by atoms with Gasteiger partial charge in [-0.05, 0) is 52.3 Å². The van der Waals surface area contributed by atoms with Crippen LogP contribution in [-0.2, 0) is 10.0 Å². The van der Waals surface area contributed by atoms with E-state index in [1.165, 1.54) is 0 Å². The highest BCUT2D eigenvalue weighted by Gasteiger charge is 2.32. The summed E-state index contributed by atoms with van der Waals surface area (Å²) >= 11 is 0. The summed E-state index contributed by atoms with van der Waals surface area (Å²) in [4.78, 5) is 0. The first kappa shape index (κ1) is 15.5. The molecule has 0 bridgehead atoms. The Morgan fingerprint density at radius 1 is 1.50 bits per heavy atom. The number of nitrogens with zero attached hydrogens (tertiary/aromatic N) is 3. The third kappa shape index (κ3) is 3.05. The third-order valence-electron chi connectivity index (χ3n) is 3.70. The van der Waals surface area contributed by atoms with Crippen molar-refractivity contribution >= 4 is 10.0 Å². The number of nitrogens with one attached hydrogen (secondary N) is 1. The molecule has 0 saturated carbocycles. The fourth-order valence-electron chi connectivity index (χ4n) is 2.73. The second kappa shape index (κ2) is 6.24. The number of hydrogen-bond donors (Lipinski definition) is 1. The molecule has 1 aliphatic rings. The van der Waals surface area contributed by atoms with Crippen molar-refractivity contribution in [3.8, 4) is 0 Å². The highest BCUT2D eigenvalue weighted by Crippen LogP contribution is 2.24. The van der Waals surface area contributed by atoms with Crippen LogP contribution in [0.5, 0.6) is 0 Å². The highest BCUT2D eigenvalue weighted by atomic mass is 32.2. The molecule has 0 aromatic carbocycles. The molecule has 1 N–H and O–H groups in total. The van der Waals surface area contributed by atoms with Crippen molar-refractivity contribution in [3.05, 3.63) is 12.3 Å². The Morgan fingerprint density at radius 3 is 2.90 bits per heavy atom. The molecule has 1 aromatic rings. The van der Waals surface area contributed by atoms with Gasteiger partial charge in [0.2, 0.25) is 0 Å². The van der Waals surface area contributed by atoms with Crippen molar-refractivity contribution in [1.82, 2.24) is 19.4 Å². The largest absolute Gasteiger partial charge is 0.319 e. The molecule has 1 aromatic heterocycles. The van der Waals surface area contributed by atoms with Crippen molar-refractivity contribution in [2.24, 2.45) is 5.92 Å². The Bertz CT molecular complexity index is 536. The maximum Gasteiger partial charge on any atom is 0.260 e. The van der Waals surface area contributed by atoms with Gasteiger partial charge < -0.3 is 5.32 Å². The number of rotatable bonds is 5. The molecule has 1 fully saturated rings. The topological polar surface area (TPSA) is 67.2 Å². The zero-order valence-electron chi connectivity index (χ0n) is 12.4. The molecule has 2 rings (SSSR count). The van der Waals surface area contributed by atoms with E-state index in [1.807, 2.05) is 20.9 Å². The molecule has 2 heterocycles. The lowest BCUT2D eigenvalue weighted by Gasteiger charge is -2.32. The summed E-state index contributed by atoms with van der Waals surface area (Å²) in [7, 11) is -1.54. The molecule has 0 aliphatic carbocycles. The molecule has 0 spiro atoms. The van der Waals surface area contributed by atoms with Crippen molar-refractivity contribution < 1.29 is 8.42 Å². The van der Waals surface area contributed by atoms with E-state index in [9.17, 15) is 8.42 Å². The van der Waals surface area contributed by atoms with Gasteiger partial charge in [0.1, 0.15) is 0 Å². The van der Waals surface area contributed by atoms with Gasteiger partial charge in [0, 0.05) is 19.1 Å². The number of hydrogen-bond acceptors (Lipinski definition) is 4. The summed E-state index contributed by atoms with van der Waals surface area (Å²) < 4.78 is 28.7. The van der Waals surface area contributed by atoms with Gasteiger partial charge in [-0.2, -0.15) is 9.40 Å². The van der Waals surface area contributed by atoms with Crippen molar-refractivity contribution in [2.75, 3.05) is 26.7 Å². The van der Waals surface area contributed by atoms with Crippen LogP contribution in [0.2, 0.25) is 0 Å². The van der Waals surface area contributed by atoms with E-state index in [4.69, 9.17) is 0 Å². The molecule has 20 heavy (non-hydrogen) atoms. The predicted molar refractivity (Wildman–Crippen MR) is 78.0 cm³/mol. The predicted octanol–water partition coefficient (Wildman–Crippen LogP) is 1.08. The Morgan fingerprint density at radius 2 is 2.25 bits per heavy atom. The van der Waals surface area contributed by atoms with Gasteiger partial charge in [-0.25, -0.2) is 8.42 Å². The van der Waals surface area contributed by atoms with Crippen LogP contribution in [0.25, 0.3) is 0 Å². The van der Waals surface area contributed by atoms with Crippen LogP contribution in [0.15, 0.2) is 17.3 Å². The first-order valence-corrected chi connectivity index (χ1v) is 8.59. The fourth-order valence-corrected chi connectivity index (χ4v) is 4.50. The van der Waals surface area contributed by atoms with E-state index in [1.54, 1.807) is 21.3 Å². The molecule has 7 heteroatoms. The van der Waals surface area contributed by atoms with Crippen LogP contribution in [0.1, 0.15) is 32.7 Å². The highest BCUT2D eigenvalue weighted by molar-refractivity contribution is 7.89. The van der Waals surface area contributed by atoms with Crippen LogP contribution in [0, 0.1) is 5.92 Å². The second-order valence-corrected chi connectivity index (χ2v) is 7.52. The van der Waals surface area contributed by atoms with Crippen LogP contribution in [0.4, 0.5) is 0 Å². The van der Waals surface area contributed by atoms with Gasteiger partial charge in [0.05, 0.1) is 6.20 Å². The minimum atomic E-state index is -3.44. The minimum absolute atomic E-state index is 0.0349. The molecule has 1 aliphatic heterocycles. The van der Waals surface area contributed by atoms with E-state index in [-0.39, 0.29) is 6.04 Å². The molecular weight excluding hydrogens is 276 g/mol. The molecule has 0 radical (unpaired) electrons. The zero-order valence-corrected chi connectivity index (χ0v) is 13.2. The van der Waals surface area contributed by atoms with Crippen LogP contribution in [-0.4, -0.2) is 49.2 Å².